The van der Waals surface area contributed by atoms with Gasteiger partial charge in [-0.1, -0.05) is 20.8 Å². The standard InChI is InChI=1S/C11H17N/c1-11(2,3)9-6-8-12-7-4-5-10(9)12/h6,8H,4-5,7H2,1-3H3. The Kier molecular flexibility index (Phi) is 1.57. The molecule has 0 aromatic carbocycles. The second kappa shape index (κ2) is 2.38. The van der Waals surface area contributed by atoms with Crippen LogP contribution in [0.25, 0.3) is 0 Å². The Bertz CT molecular complexity index is 288. The molecule has 1 aliphatic rings. The predicted octanol–water partition coefficient (Wildman–Crippen LogP) is 2.73. The summed E-state index contributed by atoms with van der Waals surface area (Å²) in [6, 6.07) is 2.29. The van der Waals surface area contributed by atoms with Crippen LogP contribution in [0.3, 0.4) is 0 Å². The largest absolute Gasteiger partial charge is 0.351 e. The van der Waals surface area contributed by atoms with Gasteiger partial charge in [0.05, 0.1) is 0 Å². The van der Waals surface area contributed by atoms with E-state index in [0.717, 1.165) is 0 Å². The molecule has 0 spiro atoms. The first-order valence-corrected chi connectivity index (χ1v) is 4.77. The highest BCUT2D eigenvalue weighted by Gasteiger charge is 2.22. The Morgan fingerprint density at radius 1 is 1.33 bits per heavy atom. The van der Waals surface area contributed by atoms with Crippen molar-refractivity contribution in [1.29, 1.82) is 0 Å². The molecule has 1 nitrogen and oxygen atoms in total. The summed E-state index contributed by atoms with van der Waals surface area (Å²) in [6.45, 7) is 8.11. The molecule has 2 rings (SSSR count). The van der Waals surface area contributed by atoms with E-state index in [2.05, 4.69) is 37.6 Å². The molecule has 0 saturated heterocycles. The summed E-state index contributed by atoms with van der Waals surface area (Å²) < 4.78 is 2.40. The van der Waals surface area contributed by atoms with Crippen molar-refractivity contribution >= 4 is 0 Å². The molecule has 12 heavy (non-hydrogen) atoms. The molecule has 0 N–H and O–H groups in total. The lowest BCUT2D eigenvalue weighted by Gasteiger charge is -2.18. The zero-order valence-corrected chi connectivity index (χ0v) is 8.22. The summed E-state index contributed by atoms with van der Waals surface area (Å²) in [5, 5.41) is 0. The van der Waals surface area contributed by atoms with Crippen LogP contribution in [0.5, 0.6) is 0 Å². The van der Waals surface area contributed by atoms with Crippen molar-refractivity contribution in [1.82, 2.24) is 4.57 Å². The number of aromatic nitrogens is 1. The lowest BCUT2D eigenvalue weighted by Crippen LogP contribution is -2.12. The van der Waals surface area contributed by atoms with E-state index in [4.69, 9.17) is 0 Å². The van der Waals surface area contributed by atoms with Gasteiger partial charge in [-0.3, -0.25) is 0 Å². The Labute approximate surface area is 74.4 Å². The van der Waals surface area contributed by atoms with Crippen LogP contribution in [-0.4, -0.2) is 4.57 Å². The molecule has 0 saturated carbocycles. The molecule has 1 aromatic rings. The molecule has 0 aliphatic carbocycles. The summed E-state index contributed by atoms with van der Waals surface area (Å²) in [6.07, 6.45) is 4.85. The van der Waals surface area contributed by atoms with E-state index in [0.29, 0.717) is 5.41 Å². The molecule has 1 aromatic heterocycles. The minimum atomic E-state index is 0.324. The Hall–Kier alpha value is -0.720. The molecule has 0 amide bonds. The van der Waals surface area contributed by atoms with Gasteiger partial charge in [0.25, 0.3) is 0 Å². The second-order valence-corrected chi connectivity index (χ2v) is 4.72. The van der Waals surface area contributed by atoms with Crippen LogP contribution in [0.4, 0.5) is 0 Å². The van der Waals surface area contributed by atoms with E-state index in [1.54, 1.807) is 11.3 Å². The molecule has 0 unspecified atom stereocenters. The first-order valence-electron chi connectivity index (χ1n) is 4.77. The predicted molar refractivity (Wildman–Crippen MR) is 51.5 cm³/mol. The molecule has 1 aliphatic heterocycles. The number of hydrogen-bond donors (Lipinski definition) is 0. The lowest BCUT2D eigenvalue weighted by molar-refractivity contribution is 0.583. The van der Waals surface area contributed by atoms with Crippen LogP contribution in [-0.2, 0) is 18.4 Å². The number of hydrogen-bond acceptors (Lipinski definition) is 0. The first-order chi connectivity index (χ1) is 5.59. The zero-order valence-electron chi connectivity index (χ0n) is 8.22. The molecule has 2 heterocycles. The van der Waals surface area contributed by atoms with Crippen molar-refractivity contribution < 1.29 is 0 Å². The van der Waals surface area contributed by atoms with Crippen molar-refractivity contribution in [2.24, 2.45) is 0 Å². The molecule has 0 atom stereocenters. The summed E-state index contributed by atoms with van der Waals surface area (Å²) in [4.78, 5) is 0. The molecule has 1 heteroatoms. The SMILES string of the molecule is CC(C)(C)c1ccn2c1CCC2. The summed E-state index contributed by atoms with van der Waals surface area (Å²) in [5.74, 6) is 0. The van der Waals surface area contributed by atoms with Gasteiger partial charge in [-0.15, -0.1) is 0 Å². The lowest BCUT2D eigenvalue weighted by atomic mass is 9.86. The average Bonchev–Trinajstić information content (AvgIpc) is 2.37. The van der Waals surface area contributed by atoms with Crippen LogP contribution >= 0.6 is 0 Å². The smallest absolute Gasteiger partial charge is 0.0226 e. The van der Waals surface area contributed by atoms with Gasteiger partial charge in [0.1, 0.15) is 0 Å². The van der Waals surface area contributed by atoms with Gasteiger partial charge in [-0.25, -0.2) is 0 Å². The highest BCUT2D eigenvalue weighted by atomic mass is 15.0. The zero-order chi connectivity index (χ0) is 8.77. The maximum atomic E-state index is 2.40. The molecule has 0 radical (unpaired) electrons. The monoisotopic (exact) mass is 163 g/mol. The van der Waals surface area contributed by atoms with Crippen LogP contribution < -0.4 is 0 Å². The van der Waals surface area contributed by atoms with Gasteiger partial charge in [-0.2, -0.15) is 0 Å². The summed E-state index contributed by atoms with van der Waals surface area (Å²) >= 11 is 0. The van der Waals surface area contributed by atoms with E-state index in [1.165, 1.54) is 19.4 Å². The molecule has 66 valence electrons. The molecular formula is C11H17N. The van der Waals surface area contributed by atoms with E-state index in [1.807, 2.05) is 0 Å². The highest BCUT2D eigenvalue weighted by Crippen LogP contribution is 2.30. The van der Waals surface area contributed by atoms with E-state index in [-0.39, 0.29) is 0 Å². The van der Waals surface area contributed by atoms with Crippen molar-refractivity contribution in [2.75, 3.05) is 0 Å². The van der Waals surface area contributed by atoms with Crippen molar-refractivity contribution in [3.63, 3.8) is 0 Å². The maximum absolute atomic E-state index is 2.40. The molecular weight excluding hydrogens is 146 g/mol. The first kappa shape index (κ1) is 7.90. The van der Waals surface area contributed by atoms with E-state index in [9.17, 15) is 0 Å². The van der Waals surface area contributed by atoms with Gasteiger partial charge in [0, 0.05) is 18.4 Å². The third kappa shape index (κ3) is 1.08. The molecule has 0 bridgehead atoms. The van der Waals surface area contributed by atoms with Crippen molar-refractivity contribution in [2.45, 2.75) is 45.6 Å². The number of rotatable bonds is 0. The third-order valence-corrected chi connectivity index (χ3v) is 2.70. The van der Waals surface area contributed by atoms with Gasteiger partial charge in [-0.05, 0) is 29.9 Å². The van der Waals surface area contributed by atoms with Crippen LogP contribution in [0.15, 0.2) is 12.3 Å². The minimum Gasteiger partial charge on any atom is -0.351 e. The fourth-order valence-corrected chi connectivity index (χ4v) is 2.09. The van der Waals surface area contributed by atoms with Crippen LogP contribution in [0.2, 0.25) is 0 Å². The Morgan fingerprint density at radius 3 is 2.75 bits per heavy atom. The number of nitrogens with zero attached hydrogens (tertiary/aromatic N) is 1. The second-order valence-electron chi connectivity index (χ2n) is 4.72. The van der Waals surface area contributed by atoms with Crippen molar-refractivity contribution in [3.8, 4) is 0 Å². The molecule has 0 fully saturated rings. The van der Waals surface area contributed by atoms with Gasteiger partial charge in [0.2, 0.25) is 0 Å². The van der Waals surface area contributed by atoms with Gasteiger partial charge < -0.3 is 4.57 Å². The average molecular weight is 163 g/mol. The summed E-state index contributed by atoms with van der Waals surface area (Å²) in [7, 11) is 0. The van der Waals surface area contributed by atoms with Gasteiger partial charge in [0.15, 0.2) is 0 Å². The van der Waals surface area contributed by atoms with E-state index < -0.39 is 0 Å². The quantitative estimate of drug-likeness (QED) is 0.554. The third-order valence-electron chi connectivity index (χ3n) is 2.70. The summed E-state index contributed by atoms with van der Waals surface area (Å²) in [5.41, 5.74) is 3.44. The Balaban J connectivity index is 2.46. The number of aryl methyl sites for hydroxylation is 1. The maximum Gasteiger partial charge on any atom is 0.0226 e. The normalized spacial score (nSPS) is 16.6. The fraction of sp³-hybridized carbons (Fsp3) is 0.636. The van der Waals surface area contributed by atoms with Crippen LogP contribution in [0, 0.1) is 0 Å². The minimum absolute atomic E-state index is 0.324. The topological polar surface area (TPSA) is 4.93 Å². The Morgan fingerprint density at radius 2 is 2.08 bits per heavy atom. The number of fused-ring (bicyclic) bond motifs is 1. The van der Waals surface area contributed by atoms with E-state index >= 15 is 0 Å². The highest BCUT2D eigenvalue weighted by molar-refractivity contribution is 5.30. The van der Waals surface area contributed by atoms with Gasteiger partial charge >= 0.3 is 0 Å². The van der Waals surface area contributed by atoms with Crippen LogP contribution in [0.1, 0.15) is 38.4 Å². The van der Waals surface area contributed by atoms with Crippen molar-refractivity contribution in [3.05, 3.63) is 23.5 Å². The fourth-order valence-electron chi connectivity index (χ4n) is 2.09.